The molecule has 0 aromatic heterocycles. The van der Waals surface area contributed by atoms with Gasteiger partial charge in [0, 0.05) is 0 Å². The van der Waals surface area contributed by atoms with Crippen molar-refractivity contribution >= 4 is 40.5 Å². The number of nitrogens with zero attached hydrogens (tertiary/aromatic N) is 2. The molecule has 82 valence electrons. The zero-order chi connectivity index (χ0) is 12.1. The molecule has 0 saturated carbocycles. The molecule has 7 heteroatoms. The van der Waals surface area contributed by atoms with E-state index in [1.807, 2.05) is 0 Å². The molecule has 1 aromatic carbocycles. The van der Waals surface area contributed by atoms with Crippen LogP contribution < -0.4 is 11.2 Å². The predicted molar refractivity (Wildman–Crippen MR) is 62.3 cm³/mol. The Labute approximate surface area is 101 Å². The molecule has 0 heterocycles. The molecule has 1 rings (SSSR count). The number of rotatable bonds is 3. The fourth-order valence-electron chi connectivity index (χ4n) is 0.821. The van der Waals surface area contributed by atoms with E-state index in [1.54, 1.807) is 18.2 Å². The van der Waals surface area contributed by atoms with Crippen LogP contribution in [0.15, 0.2) is 23.3 Å². The molecule has 0 spiro atoms. The topological polar surface area (TPSA) is 91.3 Å². The van der Waals surface area contributed by atoms with Crippen LogP contribution in [0, 0.1) is 11.3 Å². The molecule has 0 aliphatic heterocycles. The first kappa shape index (κ1) is 12.3. The zero-order valence-corrected chi connectivity index (χ0v) is 9.38. The quantitative estimate of drug-likeness (QED) is 0.638. The van der Waals surface area contributed by atoms with Crippen LogP contribution in [-0.2, 0) is 4.79 Å². The summed E-state index contributed by atoms with van der Waals surface area (Å²) in [6.45, 7) is 0. The summed E-state index contributed by atoms with van der Waals surface area (Å²) in [5.74, 6) is -0.907. The highest BCUT2D eigenvalue weighted by molar-refractivity contribution is 6.44. The Kier molecular flexibility index (Phi) is 4.11. The molecule has 16 heavy (non-hydrogen) atoms. The number of hydrogen-bond donors (Lipinski definition) is 2. The third kappa shape index (κ3) is 3.12. The fraction of sp³-hybridized carbons (Fsp3) is 0. The zero-order valence-electron chi connectivity index (χ0n) is 7.87. The molecule has 0 saturated heterocycles. The summed E-state index contributed by atoms with van der Waals surface area (Å²) >= 11 is 11.4. The first-order valence-electron chi connectivity index (χ1n) is 4.03. The Balaban J connectivity index is 2.86. The molecule has 3 N–H and O–H groups in total. The minimum absolute atomic E-state index is 0.333. The van der Waals surface area contributed by atoms with Crippen molar-refractivity contribution in [1.82, 2.24) is 0 Å². The largest absolute Gasteiger partial charge is 0.364 e. The van der Waals surface area contributed by atoms with Crippen LogP contribution in [0.2, 0.25) is 10.0 Å². The van der Waals surface area contributed by atoms with Crippen LogP contribution in [0.3, 0.4) is 0 Å². The van der Waals surface area contributed by atoms with Gasteiger partial charge < -0.3 is 5.73 Å². The van der Waals surface area contributed by atoms with Crippen LogP contribution in [0.5, 0.6) is 0 Å². The van der Waals surface area contributed by atoms with Gasteiger partial charge in [0.25, 0.3) is 5.91 Å². The van der Waals surface area contributed by atoms with Gasteiger partial charge in [-0.3, -0.25) is 10.2 Å². The second-order valence-electron chi connectivity index (χ2n) is 2.68. The molecule has 5 nitrogen and oxygen atoms in total. The number of halogens is 2. The number of carbonyl (C=O) groups excluding carboxylic acids is 1. The van der Waals surface area contributed by atoms with E-state index >= 15 is 0 Å². The van der Waals surface area contributed by atoms with Crippen molar-refractivity contribution in [2.45, 2.75) is 0 Å². The standard InChI is InChI=1S/C9H6Cl2N4O/c10-6-2-1-5(3-7(6)11)14-15-8(4-12)9(13)16/h1-3,14H,(H2,13,16). The van der Waals surface area contributed by atoms with Crippen LogP contribution in [0.1, 0.15) is 0 Å². The summed E-state index contributed by atoms with van der Waals surface area (Å²) in [7, 11) is 0. The third-order valence-corrected chi connectivity index (χ3v) is 2.29. The molecule has 0 aliphatic carbocycles. The average molecular weight is 257 g/mol. The van der Waals surface area contributed by atoms with E-state index in [0.717, 1.165) is 0 Å². The van der Waals surface area contributed by atoms with Gasteiger partial charge in [-0.15, -0.1) is 0 Å². The number of hydrazone groups is 1. The lowest BCUT2D eigenvalue weighted by atomic mass is 10.3. The molecular weight excluding hydrogens is 251 g/mol. The van der Waals surface area contributed by atoms with Crippen LogP contribution in [-0.4, -0.2) is 11.6 Å². The first-order chi connectivity index (χ1) is 7.54. The van der Waals surface area contributed by atoms with Crippen LogP contribution >= 0.6 is 23.2 Å². The lowest BCUT2D eigenvalue weighted by molar-refractivity contribution is -0.111. The Morgan fingerprint density at radius 2 is 2.12 bits per heavy atom. The van der Waals surface area contributed by atoms with Crippen molar-refractivity contribution in [2.75, 3.05) is 5.43 Å². The Bertz CT molecular complexity index is 493. The number of nitrogens with two attached hydrogens (primary N) is 1. The van der Waals surface area contributed by atoms with Crippen molar-refractivity contribution in [2.24, 2.45) is 10.8 Å². The molecule has 0 atom stereocenters. The maximum Gasteiger partial charge on any atom is 0.280 e. The van der Waals surface area contributed by atoms with Gasteiger partial charge in [0.05, 0.1) is 15.7 Å². The molecule has 1 amide bonds. The van der Waals surface area contributed by atoms with Gasteiger partial charge >= 0.3 is 0 Å². The number of primary amides is 1. The van der Waals surface area contributed by atoms with Gasteiger partial charge in [0.1, 0.15) is 6.07 Å². The smallest absolute Gasteiger partial charge is 0.280 e. The molecule has 0 aliphatic rings. The summed E-state index contributed by atoms with van der Waals surface area (Å²) in [6, 6.07) is 6.20. The molecule has 0 fully saturated rings. The van der Waals surface area contributed by atoms with Crippen molar-refractivity contribution in [3.63, 3.8) is 0 Å². The minimum Gasteiger partial charge on any atom is -0.364 e. The highest BCUT2D eigenvalue weighted by Crippen LogP contribution is 2.24. The van der Waals surface area contributed by atoms with E-state index < -0.39 is 11.6 Å². The van der Waals surface area contributed by atoms with Gasteiger partial charge in [-0.25, -0.2) is 0 Å². The molecule has 0 bridgehead atoms. The normalized spacial score (nSPS) is 10.7. The highest BCUT2D eigenvalue weighted by Gasteiger charge is 2.05. The average Bonchev–Trinajstić information content (AvgIpc) is 2.23. The Hall–Kier alpha value is -1.77. The minimum atomic E-state index is -0.907. The Morgan fingerprint density at radius 1 is 1.44 bits per heavy atom. The van der Waals surface area contributed by atoms with E-state index in [0.29, 0.717) is 15.7 Å². The van der Waals surface area contributed by atoms with E-state index in [2.05, 4.69) is 10.5 Å². The summed E-state index contributed by atoms with van der Waals surface area (Å²) < 4.78 is 0. The fourth-order valence-corrected chi connectivity index (χ4v) is 1.12. The lowest BCUT2D eigenvalue weighted by Gasteiger charge is -2.01. The molecule has 0 radical (unpaired) electrons. The van der Waals surface area contributed by atoms with Crippen molar-refractivity contribution in [1.29, 1.82) is 5.26 Å². The monoisotopic (exact) mass is 256 g/mol. The van der Waals surface area contributed by atoms with Gasteiger partial charge in [-0.2, -0.15) is 10.4 Å². The maximum atomic E-state index is 10.7. The van der Waals surface area contributed by atoms with Gasteiger partial charge in [0.2, 0.25) is 5.71 Å². The summed E-state index contributed by atoms with van der Waals surface area (Å²) in [6.07, 6.45) is 0. The number of nitrogens with one attached hydrogen (secondary N) is 1. The first-order valence-corrected chi connectivity index (χ1v) is 4.79. The van der Waals surface area contributed by atoms with Crippen LogP contribution in [0.25, 0.3) is 0 Å². The number of anilines is 1. The lowest BCUT2D eigenvalue weighted by Crippen LogP contribution is -2.22. The van der Waals surface area contributed by atoms with Crippen LogP contribution in [0.4, 0.5) is 5.69 Å². The number of benzene rings is 1. The summed E-state index contributed by atoms with van der Waals surface area (Å²) in [5.41, 5.74) is 7.42. The summed E-state index contributed by atoms with van der Waals surface area (Å²) in [4.78, 5) is 10.7. The van der Waals surface area contributed by atoms with E-state index in [1.165, 1.54) is 6.07 Å². The van der Waals surface area contributed by atoms with Crippen molar-refractivity contribution in [3.8, 4) is 6.07 Å². The number of hydrogen-bond acceptors (Lipinski definition) is 4. The Morgan fingerprint density at radius 3 is 2.62 bits per heavy atom. The predicted octanol–water partition coefficient (Wildman–Crippen LogP) is 1.77. The van der Waals surface area contributed by atoms with Gasteiger partial charge in [-0.05, 0) is 18.2 Å². The van der Waals surface area contributed by atoms with Crippen molar-refractivity contribution < 1.29 is 4.79 Å². The highest BCUT2D eigenvalue weighted by atomic mass is 35.5. The summed E-state index contributed by atoms with van der Waals surface area (Å²) in [5, 5.41) is 12.7. The van der Waals surface area contributed by atoms with Crippen molar-refractivity contribution in [3.05, 3.63) is 28.2 Å². The molecule has 1 aromatic rings. The SMILES string of the molecule is N#CC(=NNc1ccc(Cl)c(Cl)c1)C(N)=O. The van der Waals surface area contributed by atoms with E-state index in [4.69, 9.17) is 34.2 Å². The molecule has 0 unspecified atom stereocenters. The molecular formula is C9H6Cl2N4O. The number of amides is 1. The third-order valence-electron chi connectivity index (χ3n) is 1.56. The second-order valence-corrected chi connectivity index (χ2v) is 3.49. The van der Waals surface area contributed by atoms with Gasteiger partial charge in [0.15, 0.2) is 0 Å². The maximum absolute atomic E-state index is 10.7. The second kappa shape index (κ2) is 5.35. The number of nitriles is 1. The van der Waals surface area contributed by atoms with E-state index in [-0.39, 0.29) is 0 Å². The van der Waals surface area contributed by atoms with E-state index in [9.17, 15) is 4.79 Å². The van der Waals surface area contributed by atoms with Gasteiger partial charge in [-0.1, -0.05) is 23.2 Å². The number of carbonyl (C=O) groups is 1.